The molecule has 1 atom stereocenters. The fraction of sp³-hybridized carbons (Fsp3) is 0.269. The zero-order valence-electron chi connectivity index (χ0n) is 19.7. The molecule has 4 rings (SSSR count). The molecule has 0 N–H and O–H groups in total. The summed E-state index contributed by atoms with van der Waals surface area (Å²) in [5.74, 6) is 0.449. The Kier molecular flexibility index (Phi) is 6.52. The number of methoxy groups -OCH3 is 2. The van der Waals surface area contributed by atoms with Crippen molar-refractivity contribution in [1.29, 1.82) is 0 Å². The quantitative estimate of drug-likeness (QED) is 0.507. The van der Waals surface area contributed by atoms with Crippen LogP contribution in [0.1, 0.15) is 18.1 Å². The largest absolute Gasteiger partial charge is 0.497 e. The summed E-state index contributed by atoms with van der Waals surface area (Å²) in [6.45, 7) is 3.45. The third-order valence-electron chi connectivity index (χ3n) is 6.02. The minimum Gasteiger partial charge on any atom is -0.497 e. The van der Waals surface area contributed by atoms with Gasteiger partial charge in [-0.25, -0.2) is 8.42 Å². The fourth-order valence-corrected chi connectivity index (χ4v) is 5.69. The number of nitrogens with zero attached hydrogens (tertiary/aromatic N) is 2. The number of para-hydroxylation sites is 1. The second-order valence-electron chi connectivity index (χ2n) is 8.31. The number of fused-ring (bicyclic) bond motifs is 1. The van der Waals surface area contributed by atoms with Gasteiger partial charge in [0.15, 0.2) is 0 Å². The fourth-order valence-electron chi connectivity index (χ4n) is 4.27. The highest BCUT2D eigenvalue weighted by molar-refractivity contribution is 7.92. The van der Waals surface area contributed by atoms with E-state index in [-0.39, 0.29) is 22.5 Å². The van der Waals surface area contributed by atoms with Crippen molar-refractivity contribution in [2.45, 2.75) is 31.2 Å². The molecule has 0 aromatic heterocycles. The molecule has 8 heteroatoms. The average molecular weight is 481 g/mol. The lowest BCUT2D eigenvalue weighted by atomic mass is 10.1. The Bertz CT molecular complexity index is 1310. The molecule has 34 heavy (non-hydrogen) atoms. The minimum atomic E-state index is -4.10. The highest BCUT2D eigenvalue weighted by Crippen LogP contribution is 2.37. The number of hydrogen-bond donors (Lipinski definition) is 0. The SMILES string of the molecule is COc1ccc(OC)c(N(CC(=O)N2c3ccccc3CC2C)S(=O)(=O)c2ccc(C)cc2)c1. The first-order chi connectivity index (χ1) is 16.3. The Labute approximate surface area is 200 Å². The molecule has 0 aliphatic carbocycles. The molecule has 0 radical (unpaired) electrons. The molecule has 3 aromatic rings. The Morgan fingerprint density at radius 3 is 2.41 bits per heavy atom. The van der Waals surface area contributed by atoms with Crippen molar-refractivity contribution in [3.8, 4) is 11.5 Å². The maximum absolute atomic E-state index is 13.8. The first kappa shape index (κ1) is 23.6. The van der Waals surface area contributed by atoms with E-state index in [2.05, 4.69) is 0 Å². The zero-order valence-corrected chi connectivity index (χ0v) is 20.5. The van der Waals surface area contributed by atoms with Gasteiger partial charge < -0.3 is 14.4 Å². The molecular formula is C26H28N2O5S. The van der Waals surface area contributed by atoms with Crippen molar-refractivity contribution in [3.63, 3.8) is 0 Å². The number of rotatable bonds is 7. The lowest BCUT2D eigenvalue weighted by Crippen LogP contribution is -2.45. The average Bonchev–Trinajstić information content (AvgIpc) is 3.17. The Morgan fingerprint density at radius 1 is 1.03 bits per heavy atom. The number of hydrogen-bond acceptors (Lipinski definition) is 5. The summed E-state index contributed by atoms with van der Waals surface area (Å²) in [5, 5.41) is 0. The molecule has 0 fully saturated rings. The monoisotopic (exact) mass is 480 g/mol. The Hall–Kier alpha value is -3.52. The number of carbonyl (C=O) groups excluding carboxylic acids is 1. The Morgan fingerprint density at radius 2 is 1.74 bits per heavy atom. The van der Waals surface area contributed by atoms with Gasteiger partial charge >= 0.3 is 0 Å². The summed E-state index contributed by atoms with van der Waals surface area (Å²) in [6, 6.07) is 19.0. The van der Waals surface area contributed by atoms with Crippen LogP contribution in [0, 0.1) is 6.92 Å². The van der Waals surface area contributed by atoms with E-state index in [1.807, 2.05) is 38.1 Å². The zero-order chi connectivity index (χ0) is 24.5. The van der Waals surface area contributed by atoms with Gasteiger partial charge in [0.1, 0.15) is 18.0 Å². The first-order valence-corrected chi connectivity index (χ1v) is 12.4. The van der Waals surface area contributed by atoms with E-state index in [1.165, 1.54) is 14.2 Å². The molecule has 0 bridgehead atoms. The lowest BCUT2D eigenvalue weighted by Gasteiger charge is -2.29. The predicted molar refractivity (Wildman–Crippen MR) is 132 cm³/mol. The molecule has 178 valence electrons. The van der Waals surface area contributed by atoms with Crippen molar-refractivity contribution in [2.24, 2.45) is 0 Å². The van der Waals surface area contributed by atoms with E-state index in [0.29, 0.717) is 11.5 Å². The van der Waals surface area contributed by atoms with Gasteiger partial charge in [0.25, 0.3) is 10.0 Å². The molecule has 0 saturated carbocycles. The summed E-state index contributed by atoms with van der Waals surface area (Å²) in [7, 11) is -1.14. The molecule has 1 amide bonds. The molecule has 0 saturated heterocycles. The smallest absolute Gasteiger partial charge is 0.264 e. The van der Waals surface area contributed by atoms with E-state index in [1.54, 1.807) is 47.4 Å². The van der Waals surface area contributed by atoms with Gasteiger partial charge in [-0.3, -0.25) is 9.10 Å². The van der Waals surface area contributed by atoms with Crippen molar-refractivity contribution in [2.75, 3.05) is 30.0 Å². The summed E-state index contributed by atoms with van der Waals surface area (Å²) >= 11 is 0. The van der Waals surface area contributed by atoms with Crippen LogP contribution in [-0.4, -0.2) is 41.1 Å². The lowest BCUT2D eigenvalue weighted by molar-refractivity contribution is -0.117. The van der Waals surface area contributed by atoms with E-state index >= 15 is 0 Å². The standard InChI is InChI=1S/C26H28N2O5S/c1-18-9-12-22(13-10-18)34(30,31)27(24-16-21(32-3)11-14-25(24)33-4)17-26(29)28-19(2)15-20-7-5-6-8-23(20)28/h5-14,16,19H,15,17H2,1-4H3. The van der Waals surface area contributed by atoms with E-state index in [9.17, 15) is 13.2 Å². The summed E-state index contributed by atoms with van der Waals surface area (Å²) in [4.78, 5) is 15.4. The van der Waals surface area contributed by atoms with E-state index in [0.717, 1.165) is 27.5 Å². The molecule has 7 nitrogen and oxygen atoms in total. The summed E-state index contributed by atoms with van der Waals surface area (Å²) < 4.78 is 39.6. The highest BCUT2D eigenvalue weighted by atomic mass is 32.2. The second-order valence-corrected chi connectivity index (χ2v) is 10.2. The number of benzene rings is 3. The topological polar surface area (TPSA) is 76.2 Å². The number of aryl methyl sites for hydroxylation is 1. The second kappa shape index (κ2) is 9.38. The van der Waals surface area contributed by atoms with Gasteiger partial charge in [-0.2, -0.15) is 0 Å². The van der Waals surface area contributed by atoms with Gasteiger partial charge in [-0.05, 0) is 56.2 Å². The number of anilines is 2. The summed E-state index contributed by atoms with van der Waals surface area (Å²) in [5.41, 5.74) is 3.04. The molecule has 1 aliphatic rings. The minimum absolute atomic E-state index is 0.0824. The maximum atomic E-state index is 13.8. The number of sulfonamides is 1. The third kappa shape index (κ3) is 4.33. The third-order valence-corrected chi connectivity index (χ3v) is 7.79. The molecule has 1 aliphatic heterocycles. The first-order valence-electron chi connectivity index (χ1n) is 11.0. The van der Waals surface area contributed by atoms with Gasteiger partial charge in [-0.1, -0.05) is 35.9 Å². The predicted octanol–water partition coefficient (Wildman–Crippen LogP) is 4.19. The van der Waals surface area contributed by atoms with Gasteiger partial charge in [0.2, 0.25) is 5.91 Å². The van der Waals surface area contributed by atoms with E-state index in [4.69, 9.17) is 9.47 Å². The number of carbonyl (C=O) groups is 1. The molecular weight excluding hydrogens is 452 g/mol. The highest BCUT2D eigenvalue weighted by Gasteiger charge is 2.35. The van der Waals surface area contributed by atoms with Crippen LogP contribution in [0.4, 0.5) is 11.4 Å². The van der Waals surface area contributed by atoms with Crippen LogP contribution in [0.25, 0.3) is 0 Å². The van der Waals surface area contributed by atoms with E-state index < -0.39 is 16.6 Å². The van der Waals surface area contributed by atoms with Crippen molar-refractivity contribution in [3.05, 3.63) is 77.9 Å². The number of ether oxygens (including phenoxy) is 2. The maximum Gasteiger partial charge on any atom is 0.264 e. The molecule has 3 aromatic carbocycles. The van der Waals surface area contributed by atoms with Gasteiger partial charge in [0, 0.05) is 17.8 Å². The van der Waals surface area contributed by atoms with Crippen LogP contribution >= 0.6 is 0 Å². The van der Waals surface area contributed by atoms with Crippen LogP contribution in [0.2, 0.25) is 0 Å². The Balaban J connectivity index is 1.81. The summed E-state index contributed by atoms with van der Waals surface area (Å²) in [6.07, 6.45) is 0.717. The van der Waals surface area contributed by atoms with Gasteiger partial charge in [0.05, 0.1) is 24.8 Å². The molecule has 1 heterocycles. The molecule has 0 spiro atoms. The van der Waals surface area contributed by atoms with Crippen LogP contribution in [0.3, 0.4) is 0 Å². The van der Waals surface area contributed by atoms with Crippen LogP contribution in [0.15, 0.2) is 71.6 Å². The number of amides is 1. The van der Waals surface area contributed by atoms with Crippen molar-refractivity contribution < 1.29 is 22.7 Å². The van der Waals surface area contributed by atoms with Gasteiger partial charge in [-0.15, -0.1) is 0 Å². The van der Waals surface area contributed by atoms with Crippen molar-refractivity contribution in [1.82, 2.24) is 0 Å². The normalized spacial score (nSPS) is 15.1. The van der Waals surface area contributed by atoms with Crippen LogP contribution in [-0.2, 0) is 21.2 Å². The van der Waals surface area contributed by atoms with Crippen molar-refractivity contribution >= 4 is 27.3 Å². The molecule has 1 unspecified atom stereocenters. The van der Waals surface area contributed by atoms with Crippen LogP contribution in [0.5, 0.6) is 11.5 Å². The van der Waals surface area contributed by atoms with Crippen LogP contribution < -0.4 is 18.7 Å².